The van der Waals surface area contributed by atoms with Gasteiger partial charge in [0.15, 0.2) is 0 Å². The summed E-state index contributed by atoms with van der Waals surface area (Å²) in [6.07, 6.45) is 5.06. The molecule has 1 aromatic rings. The lowest BCUT2D eigenvalue weighted by atomic mass is 10.2. The maximum absolute atomic E-state index is 11.9. The van der Waals surface area contributed by atoms with Crippen LogP contribution in [0.1, 0.15) is 39.2 Å². The van der Waals surface area contributed by atoms with Crippen LogP contribution in [0, 0.1) is 5.41 Å². The third-order valence-electron chi connectivity index (χ3n) is 2.76. The van der Waals surface area contributed by atoms with Crippen molar-refractivity contribution in [3.8, 4) is 5.75 Å². The number of carbonyl (C=O) groups is 1. The molecule has 0 aliphatic heterocycles. The summed E-state index contributed by atoms with van der Waals surface area (Å²) in [5, 5.41) is 10.5. The van der Waals surface area contributed by atoms with Crippen molar-refractivity contribution in [3.05, 3.63) is 41.6 Å². The van der Waals surface area contributed by atoms with Gasteiger partial charge in [-0.2, -0.15) is 0 Å². The number of allylic oxidation sites excluding steroid dienone is 1. The molecule has 0 saturated carbocycles. The quantitative estimate of drug-likeness (QED) is 0.460. The molecule has 1 aromatic carbocycles. The Labute approximate surface area is 131 Å². The first-order valence-corrected chi connectivity index (χ1v) is 7.41. The fourth-order valence-corrected chi connectivity index (χ4v) is 1.75. The van der Waals surface area contributed by atoms with Crippen LogP contribution >= 0.6 is 0 Å². The number of rotatable bonds is 7. The number of ether oxygens (including phenoxy) is 1. The molecule has 0 aromatic heterocycles. The van der Waals surface area contributed by atoms with Gasteiger partial charge in [0.25, 0.3) is 5.91 Å². The van der Waals surface area contributed by atoms with Gasteiger partial charge >= 0.3 is 0 Å². The Hall–Kier alpha value is -2.43. The van der Waals surface area contributed by atoms with E-state index in [1.54, 1.807) is 31.3 Å². The number of hydrogen-bond acceptors (Lipinski definition) is 4. The maximum atomic E-state index is 11.9. The second-order valence-corrected chi connectivity index (χ2v) is 4.68. The molecular formula is C17H23N3O2. The predicted octanol–water partition coefficient (Wildman–Crippen LogP) is 3.30. The van der Waals surface area contributed by atoms with Crippen molar-refractivity contribution in [2.45, 2.75) is 33.6 Å². The molecule has 0 aliphatic rings. The molecule has 5 nitrogen and oxygen atoms in total. The first kappa shape index (κ1) is 17.6. The number of benzene rings is 1. The van der Waals surface area contributed by atoms with Gasteiger partial charge in [0, 0.05) is 18.0 Å². The molecule has 0 atom stereocenters. The average molecular weight is 301 g/mol. The molecule has 22 heavy (non-hydrogen) atoms. The summed E-state index contributed by atoms with van der Waals surface area (Å²) in [6, 6.07) is 7.14. The Balaban J connectivity index is 2.72. The zero-order chi connectivity index (χ0) is 16.4. The van der Waals surface area contributed by atoms with Gasteiger partial charge < -0.3 is 10.1 Å². The number of amides is 1. The van der Waals surface area contributed by atoms with Crippen molar-refractivity contribution in [2.75, 3.05) is 6.61 Å². The molecule has 1 rings (SSSR count). The lowest BCUT2D eigenvalue weighted by Gasteiger charge is -2.11. The fourth-order valence-electron chi connectivity index (χ4n) is 1.75. The number of amidine groups is 1. The van der Waals surface area contributed by atoms with Crippen molar-refractivity contribution in [3.63, 3.8) is 0 Å². The average Bonchev–Trinajstić information content (AvgIpc) is 2.48. The molecular weight excluding hydrogens is 278 g/mol. The third kappa shape index (κ3) is 5.91. The van der Waals surface area contributed by atoms with Crippen LogP contribution in [0.3, 0.4) is 0 Å². The van der Waals surface area contributed by atoms with Gasteiger partial charge in [0.2, 0.25) is 0 Å². The first-order chi connectivity index (χ1) is 10.6. The van der Waals surface area contributed by atoms with E-state index >= 15 is 0 Å². The molecule has 1 amide bonds. The lowest BCUT2D eigenvalue weighted by molar-refractivity contribution is -0.115. The van der Waals surface area contributed by atoms with E-state index < -0.39 is 0 Å². The highest BCUT2D eigenvalue weighted by atomic mass is 16.5. The van der Waals surface area contributed by atoms with Crippen molar-refractivity contribution >= 4 is 18.0 Å². The van der Waals surface area contributed by atoms with E-state index in [1.165, 1.54) is 6.08 Å². The standard InChI is InChI=1S/C17H23N3O2/c1-4-6-11-19-13(3)12-16(21)20-17(18)14-9-7-8-10-15(14)22-5-2/h7-12H,4-6H2,1-3H3,(H2,18,20,21)/b13-12+,19-11+. The molecule has 5 heteroatoms. The monoisotopic (exact) mass is 301 g/mol. The lowest BCUT2D eigenvalue weighted by Crippen LogP contribution is -2.29. The Bertz CT molecular complexity index is 577. The summed E-state index contributed by atoms with van der Waals surface area (Å²) in [6.45, 7) is 6.20. The fraction of sp³-hybridized carbons (Fsp3) is 0.353. The topological polar surface area (TPSA) is 74.5 Å². The Morgan fingerprint density at radius 1 is 1.36 bits per heavy atom. The van der Waals surface area contributed by atoms with Crippen LogP contribution in [-0.2, 0) is 4.79 Å². The van der Waals surface area contributed by atoms with Crippen LogP contribution < -0.4 is 10.1 Å². The number of unbranched alkanes of at least 4 members (excludes halogenated alkanes) is 1. The zero-order valence-electron chi connectivity index (χ0n) is 13.3. The zero-order valence-corrected chi connectivity index (χ0v) is 13.3. The highest BCUT2D eigenvalue weighted by Gasteiger charge is 2.10. The number of carbonyl (C=O) groups excluding carboxylic acids is 1. The Morgan fingerprint density at radius 2 is 2.09 bits per heavy atom. The predicted molar refractivity (Wildman–Crippen MR) is 89.7 cm³/mol. The molecule has 0 saturated heterocycles. The minimum absolute atomic E-state index is 0.00985. The van der Waals surface area contributed by atoms with Gasteiger partial charge in [-0.3, -0.25) is 15.2 Å². The molecule has 0 aliphatic carbocycles. The minimum Gasteiger partial charge on any atom is -0.493 e. The van der Waals surface area contributed by atoms with Crippen LogP contribution in [0.25, 0.3) is 0 Å². The number of aliphatic imine (C=N–C) groups is 1. The number of nitrogens with zero attached hydrogens (tertiary/aromatic N) is 1. The van der Waals surface area contributed by atoms with E-state index in [0.717, 1.165) is 12.8 Å². The third-order valence-corrected chi connectivity index (χ3v) is 2.76. The summed E-state index contributed by atoms with van der Waals surface area (Å²) in [5.41, 5.74) is 1.16. The van der Waals surface area contributed by atoms with Gasteiger partial charge in [-0.1, -0.05) is 25.5 Å². The minimum atomic E-state index is -0.373. The summed E-state index contributed by atoms with van der Waals surface area (Å²) in [4.78, 5) is 16.1. The Morgan fingerprint density at radius 3 is 2.77 bits per heavy atom. The highest BCUT2D eigenvalue weighted by Crippen LogP contribution is 2.17. The molecule has 0 unspecified atom stereocenters. The van der Waals surface area contributed by atoms with E-state index in [4.69, 9.17) is 10.1 Å². The SMILES string of the molecule is CCC/C=N/C(C)=C/C(=O)NC(=N)c1ccccc1OCC. The van der Waals surface area contributed by atoms with Crippen molar-refractivity contribution < 1.29 is 9.53 Å². The van der Waals surface area contributed by atoms with Crippen LogP contribution in [-0.4, -0.2) is 24.6 Å². The Kier molecular flexibility index (Phi) is 7.61. The van der Waals surface area contributed by atoms with E-state index in [1.807, 2.05) is 13.0 Å². The van der Waals surface area contributed by atoms with Gasteiger partial charge in [-0.25, -0.2) is 0 Å². The number of para-hydroxylation sites is 1. The summed E-state index contributed by atoms with van der Waals surface area (Å²) in [5.74, 6) is 0.218. The van der Waals surface area contributed by atoms with Crippen molar-refractivity contribution in [2.24, 2.45) is 4.99 Å². The van der Waals surface area contributed by atoms with E-state index in [0.29, 0.717) is 23.6 Å². The normalized spacial score (nSPS) is 11.5. The summed E-state index contributed by atoms with van der Waals surface area (Å²) < 4.78 is 5.46. The van der Waals surface area contributed by atoms with Crippen LogP contribution in [0.5, 0.6) is 5.75 Å². The second-order valence-electron chi connectivity index (χ2n) is 4.68. The van der Waals surface area contributed by atoms with E-state index in [9.17, 15) is 4.79 Å². The molecule has 0 fully saturated rings. The molecule has 0 bridgehead atoms. The van der Waals surface area contributed by atoms with Crippen LogP contribution in [0.15, 0.2) is 41.0 Å². The molecule has 0 radical (unpaired) electrons. The maximum Gasteiger partial charge on any atom is 0.251 e. The van der Waals surface area contributed by atoms with Gasteiger partial charge in [-0.05, 0) is 32.4 Å². The van der Waals surface area contributed by atoms with Crippen LogP contribution in [0.2, 0.25) is 0 Å². The largest absolute Gasteiger partial charge is 0.493 e. The smallest absolute Gasteiger partial charge is 0.251 e. The van der Waals surface area contributed by atoms with Gasteiger partial charge in [-0.15, -0.1) is 0 Å². The molecule has 0 spiro atoms. The highest BCUT2D eigenvalue weighted by molar-refractivity contribution is 6.10. The van der Waals surface area contributed by atoms with Gasteiger partial charge in [0.05, 0.1) is 12.2 Å². The van der Waals surface area contributed by atoms with Crippen molar-refractivity contribution in [1.82, 2.24) is 5.32 Å². The number of nitrogens with one attached hydrogen (secondary N) is 2. The van der Waals surface area contributed by atoms with E-state index in [-0.39, 0.29) is 11.7 Å². The molecule has 118 valence electrons. The van der Waals surface area contributed by atoms with E-state index in [2.05, 4.69) is 17.2 Å². The molecule has 2 N–H and O–H groups in total. The van der Waals surface area contributed by atoms with Gasteiger partial charge in [0.1, 0.15) is 11.6 Å². The van der Waals surface area contributed by atoms with Crippen molar-refractivity contribution in [1.29, 1.82) is 5.41 Å². The molecule has 0 heterocycles. The first-order valence-electron chi connectivity index (χ1n) is 7.41. The summed E-state index contributed by atoms with van der Waals surface area (Å²) >= 11 is 0. The summed E-state index contributed by atoms with van der Waals surface area (Å²) in [7, 11) is 0. The second kappa shape index (κ2) is 9.50. The van der Waals surface area contributed by atoms with Crippen LogP contribution in [0.4, 0.5) is 0 Å². The number of hydrogen-bond donors (Lipinski definition) is 2.